The lowest BCUT2D eigenvalue weighted by molar-refractivity contribution is 0.157. The molecule has 3 aliphatic rings. The van der Waals surface area contributed by atoms with Crippen molar-refractivity contribution in [1.29, 1.82) is 0 Å². The average molecular weight is 850 g/mol. The molecule has 15 heteroatoms. The fraction of sp³-hybridized carbons (Fsp3) is 0.870. The molecule has 15 nitrogen and oxygen atoms in total. The summed E-state index contributed by atoms with van der Waals surface area (Å²) in [5.41, 5.74) is -0.0194. The van der Waals surface area contributed by atoms with E-state index in [4.69, 9.17) is 19.9 Å². The molecule has 3 saturated heterocycles. The fourth-order valence-corrected chi connectivity index (χ4v) is 11.2. The van der Waals surface area contributed by atoms with Crippen LogP contribution in [0, 0.1) is 0 Å². The Hall–Kier alpha value is -3.14. The van der Waals surface area contributed by atoms with Crippen molar-refractivity contribution in [3.63, 3.8) is 0 Å². The Labute approximate surface area is 370 Å². The molecule has 346 valence electrons. The summed E-state index contributed by atoms with van der Waals surface area (Å²) in [6, 6.07) is 0.898. The van der Waals surface area contributed by atoms with Gasteiger partial charge in [0, 0.05) is 71.0 Å². The molecule has 3 aliphatic heterocycles. The van der Waals surface area contributed by atoms with Gasteiger partial charge in [0.15, 0.2) is 0 Å². The van der Waals surface area contributed by atoms with E-state index in [0.29, 0.717) is 37.2 Å². The van der Waals surface area contributed by atoms with Crippen molar-refractivity contribution in [1.82, 2.24) is 50.8 Å². The molecule has 2 aromatic rings. The zero-order chi connectivity index (χ0) is 45.0. The third kappa shape index (κ3) is 13.9. The molecule has 61 heavy (non-hydrogen) atoms. The van der Waals surface area contributed by atoms with Gasteiger partial charge in [0.1, 0.15) is 6.33 Å². The molecule has 2 aromatic heterocycles. The molecule has 0 amide bonds. The van der Waals surface area contributed by atoms with Crippen molar-refractivity contribution in [2.24, 2.45) is 0 Å². The minimum Gasteiger partial charge on any atom is -0.341 e. The van der Waals surface area contributed by atoms with Crippen molar-refractivity contribution in [2.45, 2.75) is 219 Å². The highest BCUT2D eigenvalue weighted by Crippen LogP contribution is 2.37. The first kappa shape index (κ1) is 48.9. The molecule has 5 heterocycles. The second-order valence-corrected chi connectivity index (χ2v) is 22.6. The molecular weight excluding hydrogens is 763 g/mol. The van der Waals surface area contributed by atoms with Gasteiger partial charge in [0.05, 0.1) is 13.3 Å². The number of rotatable bonds is 19. The molecular formula is C46H87N15. The van der Waals surface area contributed by atoms with Crippen LogP contribution in [-0.2, 0) is 0 Å². The largest absolute Gasteiger partial charge is 0.341 e. The first-order chi connectivity index (χ1) is 28.3. The van der Waals surface area contributed by atoms with Gasteiger partial charge < -0.3 is 41.3 Å². The summed E-state index contributed by atoms with van der Waals surface area (Å²) in [6.07, 6.45) is 12.0. The van der Waals surface area contributed by atoms with Gasteiger partial charge in [0.25, 0.3) is 0 Å². The zero-order valence-electron chi connectivity index (χ0n) is 41.4. The first-order valence-corrected chi connectivity index (χ1v) is 23.6. The molecule has 0 bridgehead atoms. The molecule has 0 spiro atoms. The maximum Gasteiger partial charge on any atom is 0.232 e. The highest BCUT2D eigenvalue weighted by Gasteiger charge is 2.44. The van der Waals surface area contributed by atoms with E-state index in [1.54, 1.807) is 6.33 Å². The number of nitrogens with one attached hydrogen (secondary N) is 5. The number of anilines is 5. The van der Waals surface area contributed by atoms with Gasteiger partial charge in [0.2, 0.25) is 29.7 Å². The summed E-state index contributed by atoms with van der Waals surface area (Å²) in [6.45, 7) is 38.2. The third-order valence-electron chi connectivity index (χ3n) is 12.6. The molecule has 0 radical (unpaired) electrons. The Kier molecular flexibility index (Phi) is 15.5. The second kappa shape index (κ2) is 19.3. The van der Waals surface area contributed by atoms with Crippen LogP contribution in [0.3, 0.4) is 0 Å². The monoisotopic (exact) mass is 850 g/mol. The summed E-state index contributed by atoms with van der Waals surface area (Å²) in [4.78, 5) is 39.6. The van der Waals surface area contributed by atoms with Gasteiger partial charge in [-0.25, -0.2) is 9.97 Å². The molecule has 0 saturated carbocycles. The van der Waals surface area contributed by atoms with Crippen molar-refractivity contribution in [3.8, 4) is 0 Å². The third-order valence-corrected chi connectivity index (χ3v) is 12.6. The normalized spacial score (nSPS) is 22.2. The number of piperidine rings is 3. The number of hydrogen-bond acceptors (Lipinski definition) is 15. The molecule has 5 rings (SSSR count). The topological polar surface area (TPSA) is 150 Å². The van der Waals surface area contributed by atoms with Gasteiger partial charge in [-0.1, -0.05) is 26.7 Å². The van der Waals surface area contributed by atoms with Crippen LogP contribution in [0.4, 0.5) is 29.7 Å². The van der Waals surface area contributed by atoms with Crippen LogP contribution in [0.25, 0.3) is 0 Å². The van der Waals surface area contributed by atoms with Crippen LogP contribution in [0.15, 0.2) is 6.33 Å². The predicted molar refractivity (Wildman–Crippen MR) is 255 cm³/mol. The second-order valence-electron chi connectivity index (χ2n) is 22.6. The van der Waals surface area contributed by atoms with Crippen molar-refractivity contribution >= 4 is 29.7 Å². The fourth-order valence-electron chi connectivity index (χ4n) is 11.2. The van der Waals surface area contributed by atoms with E-state index in [2.05, 4.69) is 167 Å². The SMILES string of the molecule is CCCCN(c1nc(NCN(C)CNc2ncnc(N(CC)C3CC(C)(C)NC(C)(C)C3)n2)nc(N(CCCC)C2CC(C)(C)NC(C)(C)C2)n1)C1CC(C)(C)NC(C)(C)C1. The Bertz CT molecular complexity index is 1590. The van der Waals surface area contributed by atoms with E-state index >= 15 is 0 Å². The molecule has 0 aliphatic carbocycles. The Morgan fingerprint density at radius 1 is 0.508 bits per heavy atom. The van der Waals surface area contributed by atoms with Gasteiger partial charge in [-0.2, -0.15) is 19.9 Å². The van der Waals surface area contributed by atoms with Gasteiger partial charge in [-0.05, 0) is 148 Å². The lowest BCUT2D eigenvalue weighted by Crippen LogP contribution is -2.63. The van der Waals surface area contributed by atoms with Crippen LogP contribution < -0.4 is 41.3 Å². The Morgan fingerprint density at radius 3 is 1.25 bits per heavy atom. The summed E-state index contributed by atoms with van der Waals surface area (Å²) < 4.78 is 0. The minimum atomic E-state index is -0.0156. The van der Waals surface area contributed by atoms with Crippen LogP contribution in [0.2, 0.25) is 0 Å². The van der Waals surface area contributed by atoms with Crippen LogP contribution in [0.5, 0.6) is 0 Å². The average Bonchev–Trinajstić information content (AvgIpc) is 3.10. The predicted octanol–water partition coefficient (Wildman–Crippen LogP) is 7.39. The summed E-state index contributed by atoms with van der Waals surface area (Å²) in [5.74, 6) is 3.42. The molecule has 0 unspecified atom stereocenters. The van der Waals surface area contributed by atoms with Gasteiger partial charge >= 0.3 is 0 Å². The summed E-state index contributed by atoms with van der Waals surface area (Å²) in [7, 11) is 2.07. The Balaban J connectivity index is 1.41. The van der Waals surface area contributed by atoms with E-state index in [0.717, 1.165) is 95.7 Å². The summed E-state index contributed by atoms with van der Waals surface area (Å²) >= 11 is 0. The first-order valence-electron chi connectivity index (χ1n) is 23.6. The smallest absolute Gasteiger partial charge is 0.232 e. The van der Waals surface area contributed by atoms with Crippen LogP contribution in [-0.4, -0.2) is 126 Å². The maximum atomic E-state index is 5.46. The Morgan fingerprint density at radius 2 is 0.869 bits per heavy atom. The van der Waals surface area contributed by atoms with Crippen LogP contribution >= 0.6 is 0 Å². The van der Waals surface area contributed by atoms with Crippen molar-refractivity contribution in [2.75, 3.05) is 65.4 Å². The van der Waals surface area contributed by atoms with E-state index in [1.165, 1.54) is 0 Å². The lowest BCUT2D eigenvalue weighted by Gasteiger charge is -2.50. The number of aromatic nitrogens is 6. The van der Waals surface area contributed by atoms with Crippen LogP contribution in [0.1, 0.15) is 168 Å². The number of unbranched alkanes of at least 4 members (excludes halogenated alkanes) is 2. The molecule has 0 aromatic carbocycles. The van der Waals surface area contributed by atoms with E-state index < -0.39 is 0 Å². The number of hydrogen-bond donors (Lipinski definition) is 5. The van der Waals surface area contributed by atoms with Gasteiger partial charge in [-0.15, -0.1) is 0 Å². The van der Waals surface area contributed by atoms with E-state index in [1.807, 2.05) is 0 Å². The summed E-state index contributed by atoms with van der Waals surface area (Å²) in [5, 5.41) is 18.7. The van der Waals surface area contributed by atoms with Crippen molar-refractivity contribution < 1.29 is 0 Å². The highest BCUT2D eigenvalue weighted by molar-refractivity contribution is 5.47. The maximum absolute atomic E-state index is 5.46. The standard InChI is InChI=1S/C46H87N15/c1-17-20-22-60(34-26-43(8,9)56-44(10,11)27-34)39-52-37(53-40(54-39)61(23-21-18-2)35-28-45(12,13)57-46(14,15)29-35)50-32-58(16)31-49-36-47-30-48-38(51-36)59(19-3)33-24-41(4,5)55-42(6,7)25-33/h30,33-35,55-57H,17-29,31-32H2,1-16H3,(H,47,48,49,51)(H,50,52,53,54). The van der Waals surface area contributed by atoms with E-state index in [9.17, 15) is 0 Å². The quantitative estimate of drug-likeness (QED) is 0.0894. The minimum absolute atomic E-state index is 0.0156. The molecule has 5 N–H and O–H groups in total. The highest BCUT2D eigenvalue weighted by atomic mass is 15.4. The zero-order valence-corrected chi connectivity index (χ0v) is 41.4. The number of nitrogens with zero attached hydrogens (tertiary/aromatic N) is 10. The lowest BCUT2D eigenvalue weighted by atomic mass is 9.79. The van der Waals surface area contributed by atoms with Crippen molar-refractivity contribution in [3.05, 3.63) is 6.33 Å². The van der Waals surface area contributed by atoms with E-state index in [-0.39, 0.29) is 45.3 Å². The molecule has 3 fully saturated rings. The molecule has 0 atom stereocenters. The van der Waals surface area contributed by atoms with Gasteiger partial charge in [-0.3, -0.25) is 4.90 Å².